The van der Waals surface area contributed by atoms with Crippen LogP contribution in [-0.2, 0) is 17.8 Å². The molecule has 31 heavy (non-hydrogen) atoms. The zero-order valence-electron chi connectivity index (χ0n) is 17.6. The Balaban J connectivity index is 2.48. The Morgan fingerprint density at radius 2 is 1.87 bits per heavy atom. The molecule has 0 unspecified atom stereocenters. The minimum absolute atomic E-state index is 0.0675. The van der Waals surface area contributed by atoms with Gasteiger partial charge in [-0.1, -0.05) is 72.8 Å². The van der Waals surface area contributed by atoms with Crippen LogP contribution < -0.4 is 10.3 Å². The standard InChI is InChI=1S/C23H24Cl2N2O4/c1-6-16(18(25)14(2)24)12-17-26-19(22(29)31-23(3,4)5)20(21(28)27-17)30-13-15-10-8-7-9-11-15/h6-11H,1-2,12-13H2,3-5H3,(H,26,27,28)/b18-16-. The third kappa shape index (κ3) is 7.12. The van der Waals surface area contributed by atoms with Crippen LogP contribution in [0.2, 0.25) is 0 Å². The second-order valence-electron chi connectivity index (χ2n) is 7.59. The Hall–Kier alpha value is -2.83. The summed E-state index contributed by atoms with van der Waals surface area (Å²) in [5, 5.41) is 0.302. The van der Waals surface area contributed by atoms with E-state index in [2.05, 4.69) is 23.1 Å². The van der Waals surface area contributed by atoms with Crippen molar-refractivity contribution in [3.05, 3.63) is 92.6 Å². The minimum atomic E-state index is -0.788. The zero-order chi connectivity index (χ0) is 23.2. The van der Waals surface area contributed by atoms with Gasteiger partial charge in [0.1, 0.15) is 18.0 Å². The highest BCUT2D eigenvalue weighted by molar-refractivity contribution is 6.44. The average molecular weight is 463 g/mol. The van der Waals surface area contributed by atoms with Crippen LogP contribution >= 0.6 is 23.2 Å². The van der Waals surface area contributed by atoms with E-state index in [9.17, 15) is 9.59 Å². The molecule has 0 radical (unpaired) electrons. The number of halogens is 2. The largest absolute Gasteiger partial charge is 0.481 e. The first-order valence-corrected chi connectivity index (χ1v) is 10.2. The molecule has 0 aliphatic carbocycles. The number of rotatable bonds is 8. The van der Waals surface area contributed by atoms with Crippen molar-refractivity contribution in [2.45, 2.75) is 39.4 Å². The third-order valence-electron chi connectivity index (χ3n) is 3.87. The summed E-state index contributed by atoms with van der Waals surface area (Å²) >= 11 is 12.0. The molecule has 0 saturated heterocycles. The molecule has 0 atom stereocenters. The zero-order valence-corrected chi connectivity index (χ0v) is 19.1. The fourth-order valence-electron chi connectivity index (χ4n) is 2.52. The van der Waals surface area contributed by atoms with Crippen molar-refractivity contribution in [3.8, 4) is 5.75 Å². The molecule has 6 nitrogen and oxygen atoms in total. The van der Waals surface area contributed by atoms with Crippen molar-refractivity contribution in [1.82, 2.24) is 9.97 Å². The highest BCUT2D eigenvalue weighted by atomic mass is 35.5. The van der Waals surface area contributed by atoms with Crippen LogP contribution in [0.5, 0.6) is 5.75 Å². The quantitative estimate of drug-likeness (QED) is 0.426. The number of nitrogens with one attached hydrogen (secondary N) is 1. The number of benzene rings is 1. The molecule has 0 aliphatic rings. The van der Waals surface area contributed by atoms with Crippen molar-refractivity contribution in [1.29, 1.82) is 0 Å². The first kappa shape index (κ1) is 24.4. The average Bonchev–Trinajstić information content (AvgIpc) is 2.69. The van der Waals surface area contributed by atoms with E-state index >= 15 is 0 Å². The molecule has 8 heteroatoms. The summed E-state index contributed by atoms with van der Waals surface area (Å²) in [6.07, 6.45) is 1.54. The van der Waals surface area contributed by atoms with Crippen LogP contribution in [0.25, 0.3) is 0 Å². The van der Waals surface area contributed by atoms with E-state index in [-0.39, 0.29) is 40.4 Å². The molecule has 0 aliphatic heterocycles. The van der Waals surface area contributed by atoms with Crippen molar-refractivity contribution < 1.29 is 14.3 Å². The molecular formula is C23H24Cl2N2O4. The molecule has 1 heterocycles. The Morgan fingerprint density at radius 1 is 1.23 bits per heavy atom. The lowest BCUT2D eigenvalue weighted by Gasteiger charge is -2.20. The molecule has 0 saturated carbocycles. The Bertz CT molecular complexity index is 1070. The highest BCUT2D eigenvalue weighted by Gasteiger charge is 2.26. The molecular weight excluding hydrogens is 439 g/mol. The Kier molecular flexibility index (Phi) is 8.25. The lowest BCUT2D eigenvalue weighted by molar-refractivity contribution is 0.00573. The maximum absolute atomic E-state index is 12.8. The van der Waals surface area contributed by atoms with Gasteiger partial charge in [0, 0.05) is 6.42 Å². The maximum Gasteiger partial charge on any atom is 0.361 e. The van der Waals surface area contributed by atoms with E-state index in [4.69, 9.17) is 32.7 Å². The van der Waals surface area contributed by atoms with E-state index in [1.165, 1.54) is 6.08 Å². The molecule has 0 spiro atoms. The third-order valence-corrected chi connectivity index (χ3v) is 4.63. The topological polar surface area (TPSA) is 81.3 Å². The summed E-state index contributed by atoms with van der Waals surface area (Å²) in [5.74, 6) is -0.831. The smallest absolute Gasteiger partial charge is 0.361 e. The number of allylic oxidation sites excluding steroid dienone is 4. The van der Waals surface area contributed by atoms with E-state index in [1.807, 2.05) is 30.3 Å². The predicted molar refractivity (Wildman–Crippen MR) is 123 cm³/mol. The number of hydrogen-bond acceptors (Lipinski definition) is 5. The van der Waals surface area contributed by atoms with Crippen LogP contribution in [0.3, 0.4) is 0 Å². The van der Waals surface area contributed by atoms with Gasteiger partial charge in [-0.2, -0.15) is 0 Å². The fraction of sp³-hybridized carbons (Fsp3) is 0.261. The van der Waals surface area contributed by atoms with E-state index in [1.54, 1.807) is 20.8 Å². The van der Waals surface area contributed by atoms with E-state index in [0.717, 1.165) is 5.56 Å². The number of ether oxygens (including phenoxy) is 2. The van der Waals surface area contributed by atoms with Crippen LogP contribution in [0.4, 0.5) is 0 Å². The second-order valence-corrected chi connectivity index (χ2v) is 8.43. The summed E-state index contributed by atoms with van der Waals surface area (Å²) in [7, 11) is 0. The predicted octanol–water partition coefficient (Wildman–Crippen LogP) is 5.28. The first-order valence-electron chi connectivity index (χ1n) is 9.41. The molecule has 1 aromatic heterocycles. The van der Waals surface area contributed by atoms with E-state index in [0.29, 0.717) is 5.57 Å². The van der Waals surface area contributed by atoms with Gasteiger partial charge >= 0.3 is 5.97 Å². The number of aromatic nitrogens is 2. The van der Waals surface area contributed by atoms with Gasteiger partial charge in [-0.3, -0.25) is 4.79 Å². The van der Waals surface area contributed by atoms with Crippen LogP contribution in [0.1, 0.15) is 42.6 Å². The van der Waals surface area contributed by atoms with Crippen molar-refractivity contribution >= 4 is 29.2 Å². The number of hydrogen-bond donors (Lipinski definition) is 1. The monoisotopic (exact) mass is 462 g/mol. The Labute approximate surface area is 191 Å². The van der Waals surface area contributed by atoms with Crippen molar-refractivity contribution in [2.24, 2.45) is 0 Å². The molecule has 164 valence electrons. The number of aromatic amines is 1. The maximum atomic E-state index is 12.8. The van der Waals surface area contributed by atoms with E-state index < -0.39 is 17.1 Å². The number of H-pyrrole nitrogens is 1. The van der Waals surface area contributed by atoms with Gasteiger partial charge in [0.15, 0.2) is 5.69 Å². The van der Waals surface area contributed by atoms with Crippen LogP contribution in [0, 0.1) is 0 Å². The van der Waals surface area contributed by atoms with Crippen molar-refractivity contribution in [3.63, 3.8) is 0 Å². The summed E-state index contributed by atoms with van der Waals surface area (Å²) in [6, 6.07) is 9.23. The SMILES string of the molecule is C=C/C(Cc1nc(C(=O)OC(C)(C)C)c(OCc2ccccc2)c(=O)[nH]1)=C(/Cl)C(=C)Cl. The molecule has 0 bridgehead atoms. The lowest BCUT2D eigenvalue weighted by Crippen LogP contribution is -2.28. The van der Waals surface area contributed by atoms with Gasteiger partial charge in [0.2, 0.25) is 5.75 Å². The summed E-state index contributed by atoms with van der Waals surface area (Å²) < 4.78 is 11.1. The van der Waals surface area contributed by atoms with Crippen LogP contribution in [-0.4, -0.2) is 21.5 Å². The van der Waals surface area contributed by atoms with Gasteiger partial charge < -0.3 is 14.5 Å². The number of esters is 1. The first-order chi connectivity index (χ1) is 14.5. The fourth-order valence-corrected chi connectivity index (χ4v) is 2.78. The Morgan fingerprint density at radius 3 is 2.42 bits per heavy atom. The number of nitrogens with zero attached hydrogens (tertiary/aromatic N) is 1. The van der Waals surface area contributed by atoms with Crippen molar-refractivity contribution in [2.75, 3.05) is 0 Å². The molecule has 0 amide bonds. The normalized spacial score (nSPS) is 12.0. The summed E-state index contributed by atoms with van der Waals surface area (Å²) in [5.41, 5.74) is -0.326. The number of carbonyl (C=O) groups excluding carboxylic acids is 1. The molecule has 2 rings (SSSR count). The molecule has 2 aromatic rings. The summed E-state index contributed by atoms with van der Waals surface area (Å²) in [6.45, 7) is 12.5. The molecule has 1 N–H and O–H groups in total. The number of carbonyl (C=O) groups is 1. The van der Waals surface area contributed by atoms with Gasteiger partial charge in [-0.25, -0.2) is 9.78 Å². The molecule has 1 aromatic carbocycles. The second kappa shape index (κ2) is 10.5. The van der Waals surface area contributed by atoms with Gasteiger partial charge in [0.25, 0.3) is 5.56 Å². The van der Waals surface area contributed by atoms with Gasteiger partial charge in [-0.15, -0.1) is 0 Å². The molecule has 0 fully saturated rings. The van der Waals surface area contributed by atoms with Gasteiger partial charge in [-0.05, 0) is 31.9 Å². The van der Waals surface area contributed by atoms with Crippen LogP contribution in [0.15, 0.2) is 70.0 Å². The minimum Gasteiger partial charge on any atom is -0.481 e. The summed E-state index contributed by atoms with van der Waals surface area (Å²) in [4.78, 5) is 32.5. The van der Waals surface area contributed by atoms with Gasteiger partial charge in [0.05, 0.1) is 10.1 Å². The highest BCUT2D eigenvalue weighted by Crippen LogP contribution is 2.24. The lowest BCUT2D eigenvalue weighted by atomic mass is 10.1.